The molecule has 0 radical (unpaired) electrons. The average Bonchev–Trinajstić information content (AvgIpc) is 3.11. The molecule has 8 nitrogen and oxygen atoms in total. The molecule has 3 aliphatic rings. The third kappa shape index (κ3) is 5.11. The Bertz CT molecular complexity index is 616. The maximum Gasteiger partial charge on any atom is 0.317 e. The van der Waals surface area contributed by atoms with Crippen molar-refractivity contribution in [3.05, 3.63) is 18.5 Å². The standard InChI is InChI=1S/C20H32N6O2/c27-20(23-17-5-11-24(12-6-17)16-18-4-1-15-28-18)26-10-3-9-25(13-14-26)19-21-7-2-8-22-19/h2,7-8,17-18H,1,3-6,9-16H2,(H,23,27)/t18-/m1/s1. The molecule has 3 saturated heterocycles. The van der Waals surface area contributed by atoms with E-state index >= 15 is 0 Å². The quantitative estimate of drug-likeness (QED) is 0.839. The van der Waals surface area contributed by atoms with Gasteiger partial charge in [0.2, 0.25) is 5.95 Å². The van der Waals surface area contributed by atoms with Crippen LogP contribution in [0.5, 0.6) is 0 Å². The van der Waals surface area contributed by atoms with Gasteiger partial charge in [0.15, 0.2) is 0 Å². The second-order valence-corrected chi connectivity index (χ2v) is 8.04. The van der Waals surface area contributed by atoms with E-state index in [4.69, 9.17) is 4.74 Å². The lowest BCUT2D eigenvalue weighted by atomic mass is 10.0. The third-order valence-electron chi connectivity index (χ3n) is 6.02. The van der Waals surface area contributed by atoms with Gasteiger partial charge in [-0.1, -0.05) is 0 Å². The van der Waals surface area contributed by atoms with Gasteiger partial charge in [0.25, 0.3) is 0 Å². The molecule has 8 heteroatoms. The summed E-state index contributed by atoms with van der Waals surface area (Å²) in [5.41, 5.74) is 0. The lowest BCUT2D eigenvalue weighted by Crippen LogP contribution is -2.50. The van der Waals surface area contributed by atoms with Crippen molar-refractivity contribution in [3.63, 3.8) is 0 Å². The average molecular weight is 389 g/mol. The van der Waals surface area contributed by atoms with Crippen LogP contribution in [0, 0.1) is 0 Å². The molecule has 0 aliphatic carbocycles. The normalized spacial score (nSPS) is 24.9. The number of hydrogen-bond donors (Lipinski definition) is 1. The molecule has 1 aromatic rings. The number of carbonyl (C=O) groups excluding carboxylic acids is 1. The molecule has 154 valence electrons. The van der Waals surface area contributed by atoms with Crippen molar-refractivity contribution >= 4 is 12.0 Å². The van der Waals surface area contributed by atoms with Crippen molar-refractivity contribution in [1.82, 2.24) is 25.1 Å². The van der Waals surface area contributed by atoms with Gasteiger partial charge < -0.3 is 24.8 Å². The van der Waals surface area contributed by atoms with Crippen LogP contribution in [-0.4, -0.2) is 90.4 Å². The summed E-state index contributed by atoms with van der Waals surface area (Å²) in [6, 6.07) is 2.19. The van der Waals surface area contributed by atoms with E-state index in [2.05, 4.69) is 25.1 Å². The van der Waals surface area contributed by atoms with Crippen LogP contribution < -0.4 is 10.2 Å². The number of hydrogen-bond acceptors (Lipinski definition) is 6. The highest BCUT2D eigenvalue weighted by molar-refractivity contribution is 5.74. The van der Waals surface area contributed by atoms with Gasteiger partial charge in [-0.25, -0.2) is 14.8 Å². The Labute approximate surface area is 167 Å². The second-order valence-electron chi connectivity index (χ2n) is 8.04. The molecule has 0 aromatic carbocycles. The zero-order chi connectivity index (χ0) is 19.2. The van der Waals surface area contributed by atoms with Crippen LogP contribution >= 0.6 is 0 Å². The van der Waals surface area contributed by atoms with E-state index in [0.717, 1.165) is 71.1 Å². The molecule has 1 aromatic heterocycles. The molecule has 0 bridgehead atoms. The number of urea groups is 1. The first-order valence-electron chi connectivity index (χ1n) is 10.7. The van der Waals surface area contributed by atoms with E-state index in [1.807, 2.05) is 11.0 Å². The van der Waals surface area contributed by atoms with E-state index in [-0.39, 0.29) is 12.1 Å². The molecule has 28 heavy (non-hydrogen) atoms. The van der Waals surface area contributed by atoms with E-state index in [1.165, 1.54) is 12.8 Å². The number of nitrogens with zero attached hydrogens (tertiary/aromatic N) is 5. The van der Waals surface area contributed by atoms with Crippen LogP contribution in [-0.2, 0) is 4.74 Å². The summed E-state index contributed by atoms with van der Waals surface area (Å²) in [4.78, 5) is 28.0. The predicted molar refractivity (Wildman–Crippen MR) is 107 cm³/mol. The summed E-state index contributed by atoms with van der Waals surface area (Å²) in [6.07, 6.45) is 9.32. The topological polar surface area (TPSA) is 73.8 Å². The molecule has 1 atom stereocenters. The largest absolute Gasteiger partial charge is 0.377 e. The Hall–Kier alpha value is -1.93. The van der Waals surface area contributed by atoms with Crippen LogP contribution in [0.2, 0.25) is 0 Å². The van der Waals surface area contributed by atoms with Gasteiger partial charge in [0.1, 0.15) is 0 Å². The number of amides is 2. The first kappa shape index (κ1) is 19.4. The maximum absolute atomic E-state index is 12.8. The van der Waals surface area contributed by atoms with E-state index < -0.39 is 0 Å². The summed E-state index contributed by atoms with van der Waals surface area (Å²) in [5, 5.41) is 3.26. The molecule has 0 saturated carbocycles. The highest BCUT2D eigenvalue weighted by Gasteiger charge is 2.26. The van der Waals surface area contributed by atoms with Crippen LogP contribution in [0.1, 0.15) is 32.1 Å². The third-order valence-corrected chi connectivity index (χ3v) is 6.02. The van der Waals surface area contributed by atoms with Gasteiger partial charge in [0, 0.05) is 70.9 Å². The van der Waals surface area contributed by atoms with Gasteiger partial charge >= 0.3 is 6.03 Å². The number of ether oxygens (including phenoxy) is 1. The van der Waals surface area contributed by atoms with Crippen LogP contribution in [0.4, 0.5) is 10.7 Å². The lowest BCUT2D eigenvalue weighted by Gasteiger charge is -2.34. The summed E-state index contributed by atoms with van der Waals surface area (Å²) < 4.78 is 5.75. The lowest BCUT2D eigenvalue weighted by molar-refractivity contribution is 0.0628. The molecule has 0 spiro atoms. The second kappa shape index (κ2) is 9.52. The predicted octanol–water partition coefficient (Wildman–Crippen LogP) is 1.34. The van der Waals surface area contributed by atoms with Gasteiger partial charge in [0.05, 0.1) is 6.10 Å². The monoisotopic (exact) mass is 388 g/mol. The van der Waals surface area contributed by atoms with Gasteiger partial charge in [-0.2, -0.15) is 0 Å². The number of aromatic nitrogens is 2. The highest BCUT2D eigenvalue weighted by Crippen LogP contribution is 2.17. The number of likely N-dealkylation sites (tertiary alicyclic amines) is 1. The molecule has 4 rings (SSSR count). The fourth-order valence-corrected chi connectivity index (χ4v) is 4.38. The van der Waals surface area contributed by atoms with Crippen molar-refractivity contribution in [3.8, 4) is 0 Å². The van der Waals surface area contributed by atoms with Crippen molar-refractivity contribution in [1.29, 1.82) is 0 Å². The summed E-state index contributed by atoms with van der Waals surface area (Å²) in [6.45, 7) is 7.21. The first-order valence-corrected chi connectivity index (χ1v) is 10.7. The van der Waals surface area contributed by atoms with Crippen LogP contribution in [0.25, 0.3) is 0 Å². The molecule has 0 unspecified atom stereocenters. The number of piperidine rings is 1. The summed E-state index contributed by atoms with van der Waals surface area (Å²) in [7, 11) is 0. The van der Waals surface area contributed by atoms with E-state index in [9.17, 15) is 4.79 Å². The minimum atomic E-state index is 0.0772. The molecular formula is C20H32N6O2. The fraction of sp³-hybridized carbons (Fsp3) is 0.750. The van der Waals surface area contributed by atoms with E-state index in [1.54, 1.807) is 12.4 Å². The smallest absolute Gasteiger partial charge is 0.317 e. The number of anilines is 1. The maximum atomic E-state index is 12.8. The Morgan fingerprint density at radius 1 is 1.04 bits per heavy atom. The number of nitrogens with one attached hydrogen (secondary N) is 1. The number of carbonyl (C=O) groups is 1. The van der Waals surface area contributed by atoms with Crippen molar-refractivity contribution in [2.24, 2.45) is 0 Å². The molecule has 1 N–H and O–H groups in total. The van der Waals surface area contributed by atoms with Crippen LogP contribution in [0.15, 0.2) is 18.5 Å². The molecular weight excluding hydrogens is 356 g/mol. The van der Waals surface area contributed by atoms with Crippen molar-refractivity contribution < 1.29 is 9.53 Å². The Balaban J connectivity index is 1.20. The molecule has 4 heterocycles. The summed E-state index contributed by atoms with van der Waals surface area (Å²) in [5.74, 6) is 0.753. The zero-order valence-electron chi connectivity index (χ0n) is 16.6. The highest BCUT2D eigenvalue weighted by atomic mass is 16.5. The Morgan fingerprint density at radius 3 is 2.61 bits per heavy atom. The minimum absolute atomic E-state index is 0.0772. The fourth-order valence-electron chi connectivity index (χ4n) is 4.38. The van der Waals surface area contributed by atoms with Crippen molar-refractivity contribution in [2.45, 2.75) is 44.2 Å². The van der Waals surface area contributed by atoms with Gasteiger partial charge in [-0.3, -0.25) is 0 Å². The first-order chi connectivity index (χ1) is 13.8. The minimum Gasteiger partial charge on any atom is -0.377 e. The Kier molecular flexibility index (Phi) is 6.59. The number of rotatable bonds is 4. The molecule has 3 fully saturated rings. The molecule has 3 aliphatic heterocycles. The summed E-state index contributed by atoms with van der Waals surface area (Å²) >= 11 is 0. The van der Waals surface area contributed by atoms with E-state index in [0.29, 0.717) is 12.6 Å². The van der Waals surface area contributed by atoms with Gasteiger partial charge in [-0.15, -0.1) is 0 Å². The van der Waals surface area contributed by atoms with Crippen LogP contribution in [0.3, 0.4) is 0 Å². The Morgan fingerprint density at radius 2 is 1.86 bits per heavy atom. The molecule has 2 amide bonds. The zero-order valence-corrected chi connectivity index (χ0v) is 16.6. The SMILES string of the molecule is O=C(NC1CCN(C[C@H]2CCCO2)CC1)N1CCCN(c2ncccn2)CC1. The van der Waals surface area contributed by atoms with Gasteiger partial charge in [-0.05, 0) is 38.2 Å². The van der Waals surface area contributed by atoms with Crippen molar-refractivity contribution in [2.75, 3.05) is 57.3 Å².